The SMILES string of the molecule is COc1ccccc1OCC(=O)NN=Cc1ccc(F)cc1Cl. The number of carbonyl (C=O) groups is 1. The van der Waals surface area contributed by atoms with E-state index in [0.29, 0.717) is 17.1 Å². The number of halogens is 2. The molecule has 0 fully saturated rings. The van der Waals surface area contributed by atoms with Crippen LogP contribution < -0.4 is 14.9 Å². The number of carbonyl (C=O) groups excluding carboxylic acids is 1. The van der Waals surface area contributed by atoms with E-state index >= 15 is 0 Å². The third-order valence-electron chi connectivity index (χ3n) is 2.78. The summed E-state index contributed by atoms with van der Waals surface area (Å²) in [5.41, 5.74) is 2.78. The minimum atomic E-state index is -0.453. The van der Waals surface area contributed by atoms with Crippen molar-refractivity contribution in [3.05, 3.63) is 58.9 Å². The number of para-hydroxylation sites is 2. The summed E-state index contributed by atoms with van der Waals surface area (Å²) in [4.78, 5) is 11.7. The van der Waals surface area contributed by atoms with Crippen LogP contribution in [0.5, 0.6) is 11.5 Å². The normalized spacial score (nSPS) is 10.6. The van der Waals surface area contributed by atoms with Crippen molar-refractivity contribution in [2.24, 2.45) is 5.10 Å². The van der Waals surface area contributed by atoms with E-state index in [2.05, 4.69) is 10.5 Å². The summed E-state index contributed by atoms with van der Waals surface area (Å²) in [5, 5.41) is 3.95. The van der Waals surface area contributed by atoms with Crippen LogP contribution in [0.25, 0.3) is 0 Å². The van der Waals surface area contributed by atoms with Crippen molar-refractivity contribution in [2.75, 3.05) is 13.7 Å². The van der Waals surface area contributed by atoms with Gasteiger partial charge in [0, 0.05) is 5.56 Å². The van der Waals surface area contributed by atoms with Crippen LogP contribution in [0.2, 0.25) is 5.02 Å². The van der Waals surface area contributed by atoms with Crippen LogP contribution in [-0.4, -0.2) is 25.8 Å². The van der Waals surface area contributed by atoms with Gasteiger partial charge in [0.15, 0.2) is 18.1 Å². The van der Waals surface area contributed by atoms with Gasteiger partial charge in [-0.3, -0.25) is 4.79 Å². The molecular weight excluding hydrogens is 323 g/mol. The van der Waals surface area contributed by atoms with Gasteiger partial charge in [-0.05, 0) is 30.3 Å². The maximum atomic E-state index is 12.9. The number of rotatable bonds is 6. The molecule has 0 saturated heterocycles. The van der Waals surface area contributed by atoms with Gasteiger partial charge in [-0.25, -0.2) is 9.82 Å². The lowest BCUT2D eigenvalue weighted by atomic mass is 10.2. The zero-order chi connectivity index (χ0) is 16.7. The number of ether oxygens (including phenoxy) is 2. The number of hydrogen-bond acceptors (Lipinski definition) is 4. The summed E-state index contributed by atoms with van der Waals surface area (Å²) in [6.45, 7) is -0.227. The van der Waals surface area contributed by atoms with Crippen LogP contribution in [0, 0.1) is 5.82 Å². The molecule has 2 aromatic rings. The average Bonchev–Trinajstić information content (AvgIpc) is 2.55. The first-order chi connectivity index (χ1) is 11.1. The first kappa shape index (κ1) is 16.8. The molecule has 0 radical (unpaired) electrons. The van der Waals surface area contributed by atoms with Crippen LogP contribution in [-0.2, 0) is 4.79 Å². The van der Waals surface area contributed by atoms with E-state index in [0.717, 1.165) is 6.07 Å². The molecular formula is C16H14ClFN2O3. The largest absolute Gasteiger partial charge is 0.493 e. The maximum Gasteiger partial charge on any atom is 0.277 e. The van der Waals surface area contributed by atoms with Gasteiger partial charge in [0.1, 0.15) is 5.82 Å². The summed E-state index contributed by atoms with van der Waals surface area (Å²) in [7, 11) is 1.51. The Morgan fingerprint density at radius 2 is 2.04 bits per heavy atom. The highest BCUT2D eigenvalue weighted by Crippen LogP contribution is 2.25. The van der Waals surface area contributed by atoms with Crippen molar-refractivity contribution in [1.82, 2.24) is 5.43 Å². The first-order valence-corrected chi connectivity index (χ1v) is 7.00. The van der Waals surface area contributed by atoms with Crippen LogP contribution in [0.4, 0.5) is 4.39 Å². The molecule has 0 aliphatic carbocycles. The predicted octanol–water partition coefficient (Wildman–Crippen LogP) is 3.02. The summed E-state index contributed by atoms with van der Waals surface area (Å²) in [6.07, 6.45) is 1.32. The minimum absolute atomic E-state index is 0.202. The molecule has 2 rings (SSSR count). The molecule has 5 nitrogen and oxygen atoms in total. The van der Waals surface area contributed by atoms with Gasteiger partial charge in [0.2, 0.25) is 0 Å². The molecule has 23 heavy (non-hydrogen) atoms. The summed E-state index contributed by atoms with van der Waals surface area (Å²) >= 11 is 5.84. The van der Waals surface area contributed by atoms with Crippen molar-refractivity contribution in [3.63, 3.8) is 0 Å². The van der Waals surface area contributed by atoms with Gasteiger partial charge in [-0.15, -0.1) is 0 Å². The van der Waals surface area contributed by atoms with Crippen LogP contribution in [0.15, 0.2) is 47.6 Å². The van der Waals surface area contributed by atoms with E-state index in [1.54, 1.807) is 24.3 Å². The second-order valence-corrected chi connectivity index (χ2v) is 4.81. The van der Waals surface area contributed by atoms with E-state index in [1.807, 2.05) is 0 Å². The standard InChI is InChI=1S/C16H14ClFN2O3/c1-22-14-4-2-3-5-15(14)23-10-16(21)20-19-9-11-6-7-12(18)8-13(11)17/h2-9H,10H2,1H3,(H,20,21). The topological polar surface area (TPSA) is 59.9 Å². The number of hydrogen-bond donors (Lipinski definition) is 1. The van der Waals surface area contributed by atoms with Crippen molar-refractivity contribution >= 4 is 23.7 Å². The second-order valence-electron chi connectivity index (χ2n) is 4.40. The Labute approximate surface area is 137 Å². The molecule has 7 heteroatoms. The number of nitrogens with zero attached hydrogens (tertiary/aromatic N) is 1. The first-order valence-electron chi connectivity index (χ1n) is 6.63. The molecule has 0 saturated carbocycles. The lowest BCUT2D eigenvalue weighted by Gasteiger charge is -2.09. The third-order valence-corrected chi connectivity index (χ3v) is 3.11. The zero-order valence-electron chi connectivity index (χ0n) is 12.3. The van der Waals surface area contributed by atoms with Crippen molar-refractivity contribution in [3.8, 4) is 11.5 Å². The molecule has 0 aliphatic rings. The highest BCUT2D eigenvalue weighted by atomic mass is 35.5. The number of nitrogens with one attached hydrogen (secondary N) is 1. The lowest BCUT2D eigenvalue weighted by Crippen LogP contribution is -2.24. The Kier molecular flexibility index (Phi) is 5.94. The zero-order valence-corrected chi connectivity index (χ0v) is 13.0. The molecule has 1 amide bonds. The van der Waals surface area contributed by atoms with Crippen LogP contribution in [0.1, 0.15) is 5.56 Å². The molecule has 0 aromatic heterocycles. The Morgan fingerprint density at radius 1 is 1.30 bits per heavy atom. The molecule has 0 bridgehead atoms. The molecule has 0 atom stereocenters. The van der Waals surface area contributed by atoms with Crippen molar-refractivity contribution < 1.29 is 18.7 Å². The molecule has 2 aromatic carbocycles. The maximum absolute atomic E-state index is 12.9. The van der Waals surface area contributed by atoms with Crippen LogP contribution in [0.3, 0.4) is 0 Å². The fourth-order valence-corrected chi connectivity index (χ4v) is 1.91. The molecule has 0 unspecified atom stereocenters. The Balaban J connectivity index is 1.86. The second kappa shape index (κ2) is 8.14. The smallest absolute Gasteiger partial charge is 0.277 e. The summed E-state index contributed by atoms with van der Waals surface area (Å²) in [6, 6.07) is 10.8. The monoisotopic (exact) mass is 336 g/mol. The molecule has 0 spiro atoms. The van der Waals surface area contributed by atoms with E-state index in [4.69, 9.17) is 21.1 Å². The Hall–Kier alpha value is -2.60. The summed E-state index contributed by atoms with van der Waals surface area (Å²) < 4.78 is 23.3. The van der Waals surface area contributed by atoms with Gasteiger partial charge in [-0.2, -0.15) is 5.10 Å². The number of benzene rings is 2. The number of methoxy groups -OCH3 is 1. The lowest BCUT2D eigenvalue weighted by molar-refractivity contribution is -0.123. The highest BCUT2D eigenvalue weighted by Gasteiger charge is 2.06. The molecule has 0 aliphatic heterocycles. The number of hydrazone groups is 1. The molecule has 1 N–H and O–H groups in total. The average molecular weight is 337 g/mol. The van der Waals surface area contributed by atoms with Gasteiger partial charge >= 0.3 is 0 Å². The Morgan fingerprint density at radius 3 is 2.74 bits per heavy atom. The van der Waals surface area contributed by atoms with E-state index in [9.17, 15) is 9.18 Å². The van der Waals surface area contributed by atoms with E-state index in [1.165, 1.54) is 25.5 Å². The molecule has 0 heterocycles. The predicted molar refractivity (Wildman–Crippen MR) is 85.6 cm³/mol. The van der Waals surface area contributed by atoms with Crippen molar-refractivity contribution in [2.45, 2.75) is 0 Å². The Bertz CT molecular complexity index is 722. The highest BCUT2D eigenvalue weighted by molar-refractivity contribution is 6.33. The van der Waals surface area contributed by atoms with Gasteiger partial charge in [0.25, 0.3) is 5.91 Å². The van der Waals surface area contributed by atoms with Gasteiger partial charge in [-0.1, -0.05) is 23.7 Å². The van der Waals surface area contributed by atoms with Gasteiger partial charge < -0.3 is 9.47 Å². The quantitative estimate of drug-likeness (QED) is 0.651. The van der Waals surface area contributed by atoms with Crippen LogP contribution >= 0.6 is 11.6 Å². The van der Waals surface area contributed by atoms with E-state index < -0.39 is 11.7 Å². The van der Waals surface area contributed by atoms with Crippen molar-refractivity contribution in [1.29, 1.82) is 0 Å². The fourth-order valence-electron chi connectivity index (χ4n) is 1.69. The fraction of sp³-hybridized carbons (Fsp3) is 0.125. The molecule has 120 valence electrons. The number of amides is 1. The van der Waals surface area contributed by atoms with E-state index in [-0.39, 0.29) is 11.6 Å². The summed E-state index contributed by atoms with van der Waals surface area (Å²) in [5.74, 6) is 0.0874. The van der Waals surface area contributed by atoms with Gasteiger partial charge in [0.05, 0.1) is 18.3 Å². The third kappa shape index (κ3) is 4.96. The minimum Gasteiger partial charge on any atom is -0.493 e.